The molecule has 12 rings (SSSR count). The number of aromatic nitrogens is 4. The van der Waals surface area contributed by atoms with Crippen LogP contribution in [-0.2, 0) is 0 Å². The number of aromatic amines is 2. The second-order valence-corrected chi connectivity index (χ2v) is 12.4. The Morgan fingerprint density at radius 1 is 0.413 bits per heavy atom. The van der Waals surface area contributed by atoms with Crippen molar-refractivity contribution in [2.45, 2.75) is 0 Å². The van der Waals surface area contributed by atoms with Gasteiger partial charge in [-0.1, -0.05) is 24.3 Å². The first-order chi connectivity index (χ1) is 22.5. The molecule has 8 nitrogen and oxygen atoms in total. The summed E-state index contributed by atoms with van der Waals surface area (Å²) >= 11 is 0. The highest BCUT2D eigenvalue weighted by Gasteiger charge is 2.26. The summed E-state index contributed by atoms with van der Waals surface area (Å²) in [5.74, 6) is 0. The van der Waals surface area contributed by atoms with Crippen molar-refractivity contribution in [3.8, 4) is 0 Å². The Hall–Kier alpha value is -6.54. The van der Waals surface area contributed by atoms with Crippen LogP contribution < -0.4 is 22.0 Å². The van der Waals surface area contributed by atoms with E-state index >= 15 is 0 Å². The minimum absolute atomic E-state index is 0.230. The molecule has 0 saturated carbocycles. The van der Waals surface area contributed by atoms with Crippen LogP contribution in [0.2, 0.25) is 0 Å². The molecule has 0 fully saturated rings. The Labute approximate surface area is 252 Å². The molecule has 2 aliphatic rings. The first-order valence-corrected chi connectivity index (χ1v) is 15.0. The van der Waals surface area contributed by atoms with Gasteiger partial charge in [-0.3, -0.25) is 28.0 Å². The molecule has 0 saturated heterocycles. The van der Waals surface area contributed by atoms with Crippen LogP contribution in [0.3, 0.4) is 0 Å². The van der Waals surface area contributed by atoms with Gasteiger partial charge in [0.15, 0.2) is 10.9 Å². The lowest BCUT2D eigenvalue weighted by Gasteiger charge is -2.17. The van der Waals surface area contributed by atoms with Gasteiger partial charge in [-0.2, -0.15) is 0 Å². The molecule has 0 radical (unpaired) electrons. The van der Waals surface area contributed by atoms with Crippen LogP contribution in [0.25, 0.3) is 98.0 Å². The van der Waals surface area contributed by atoms with Crippen molar-refractivity contribution in [2.24, 2.45) is 0 Å². The minimum atomic E-state index is -0.254. The zero-order valence-corrected chi connectivity index (χ0v) is 23.6. The van der Waals surface area contributed by atoms with Crippen LogP contribution in [0.15, 0.2) is 104 Å². The van der Waals surface area contributed by atoms with Gasteiger partial charge >= 0.3 is 0 Å². The Kier molecular flexibility index (Phi) is 3.52. The van der Waals surface area contributed by atoms with Crippen LogP contribution in [0.1, 0.15) is 0 Å². The standard InChI is InChI=1S/C38H16N4O4/c43-33-15-9-11-17-27-21(37(45)41-25-7-3-1-5-23(25)39-35(17)41)13-19-31(29(15)27)32-20(33)14-22-28-18(12-10-16(30(28)32)34(19)44)36-40-24-6-2-4-8-26(24)42(36)38(22)46/h1-14,39-40H. The largest absolute Gasteiger partial charge is 0.339 e. The summed E-state index contributed by atoms with van der Waals surface area (Å²) in [6, 6.07) is 26.0. The summed E-state index contributed by atoms with van der Waals surface area (Å²) < 4.78 is 3.32. The van der Waals surface area contributed by atoms with E-state index in [1.807, 2.05) is 60.7 Å². The van der Waals surface area contributed by atoms with Crippen molar-refractivity contribution >= 4 is 98.0 Å². The first kappa shape index (κ1) is 22.9. The number of nitrogens with zero attached hydrogens (tertiary/aromatic N) is 2. The van der Waals surface area contributed by atoms with Crippen LogP contribution in [-0.4, -0.2) is 18.8 Å². The maximum Gasteiger partial charge on any atom is 0.264 e. The quantitative estimate of drug-likeness (QED) is 0.226. The van der Waals surface area contributed by atoms with Gasteiger partial charge in [0, 0.05) is 75.1 Å². The third-order valence-corrected chi connectivity index (χ3v) is 10.4. The highest BCUT2D eigenvalue weighted by Crippen LogP contribution is 2.40. The Balaban J connectivity index is 1.46. The van der Waals surface area contributed by atoms with E-state index in [1.54, 1.807) is 33.1 Å². The molecule has 0 spiro atoms. The molecule has 10 aromatic rings. The number of hydrogen-bond donors (Lipinski definition) is 2. The summed E-state index contributed by atoms with van der Waals surface area (Å²) in [6.45, 7) is 0. The lowest BCUT2D eigenvalue weighted by molar-refractivity contribution is 1.19. The highest BCUT2D eigenvalue weighted by molar-refractivity contribution is 6.27. The Morgan fingerprint density at radius 3 is 1.28 bits per heavy atom. The van der Waals surface area contributed by atoms with Crippen molar-refractivity contribution in [3.63, 3.8) is 0 Å². The topological polar surface area (TPSA) is 109 Å². The summed E-state index contributed by atoms with van der Waals surface area (Å²) in [4.78, 5) is 64.4. The second-order valence-electron chi connectivity index (χ2n) is 12.4. The van der Waals surface area contributed by atoms with Gasteiger partial charge in [-0.25, -0.2) is 0 Å². The van der Waals surface area contributed by atoms with Gasteiger partial charge in [-0.05, 0) is 60.7 Å². The van der Waals surface area contributed by atoms with E-state index < -0.39 is 0 Å². The number of rotatable bonds is 0. The number of nitrogens with one attached hydrogen (secondary N) is 2. The van der Waals surface area contributed by atoms with E-state index in [0.717, 1.165) is 32.8 Å². The summed E-state index contributed by atoms with van der Waals surface area (Å²) in [5.41, 5.74) is 3.41. The summed E-state index contributed by atoms with van der Waals surface area (Å²) in [7, 11) is 0. The molecule has 2 aliphatic carbocycles. The molecule has 0 unspecified atom stereocenters. The van der Waals surface area contributed by atoms with E-state index in [2.05, 4.69) is 9.97 Å². The molecule has 0 aliphatic heterocycles. The fourth-order valence-electron chi connectivity index (χ4n) is 8.60. The number of fused-ring (bicyclic) bond motifs is 8. The molecule has 0 bridgehead atoms. The molecule has 2 N–H and O–H groups in total. The van der Waals surface area contributed by atoms with E-state index in [1.165, 1.54) is 0 Å². The van der Waals surface area contributed by atoms with Gasteiger partial charge in [0.25, 0.3) is 11.1 Å². The van der Waals surface area contributed by atoms with Crippen molar-refractivity contribution in [2.75, 3.05) is 0 Å². The zero-order chi connectivity index (χ0) is 30.3. The Morgan fingerprint density at radius 2 is 0.826 bits per heavy atom. The number of pyridine rings is 2. The van der Waals surface area contributed by atoms with Crippen LogP contribution in [0.5, 0.6) is 0 Å². The van der Waals surface area contributed by atoms with Gasteiger partial charge in [-0.15, -0.1) is 0 Å². The molecule has 4 aromatic heterocycles. The fourth-order valence-corrected chi connectivity index (χ4v) is 8.60. The maximum absolute atomic E-state index is 14.5. The highest BCUT2D eigenvalue weighted by atomic mass is 16.1. The molecule has 0 atom stereocenters. The van der Waals surface area contributed by atoms with Gasteiger partial charge < -0.3 is 9.97 Å². The molecule has 6 aromatic carbocycles. The van der Waals surface area contributed by atoms with E-state index in [4.69, 9.17) is 0 Å². The van der Waals surface area contributed by atoms with Crippen molar-refractivity contribution in [1.29, 1.82) is 0 Å². The van der Waals surface area contributed by atoms with Gasteiger partial charge in [0.2, 0.25) is 0 Å². The minimum Gasteiger partial charge on any atom is -0.339 e. The third kappa shape index (κ3) is 2.23. The summed E-state index contributed by atoms with van der Waals surface area (Å²) in [5, 5.41) is 7.86. The number of benzene rings is 6. The van der Waals surface area contributed by atoms with Gasteiger partial charge in [0.1, 0.15) is 11.3 Å². The number of H-pyrrole nitrogens is 2. The second kappa shape index (κ2) is 7.06. The first-order valence-electron chi connectivity index (χ1n) is 15.0. The predicted octanol–water partition coefficient (Wildman–Crippen LogP) is 5.99. The van der Waals surface area contributed by atoms with Gasteiger partial charge in [0.05, 0.1) is 22.1 Å². The zero-order valence-electron chi connectivity index (χ0n) is 23.6. The lowest BCUT2D eigenvalue weighted by atomic mass is 9.85. The normalized spacial score (nSPS) is 13.1. The lowest BCUT2D eigenvalue weighted by Crippen LogP contribution is -2.18. The van der Waals surface area contributed by atoms with E-state index in [0.29, 0.717) is 75.6 Å². The predicted molar refractivity (Wildman–Crippen MR) is 182 cm³/mol. The number of imidazole rings is 2. The molecular formula is C38H16N4O4. The van der Waals surface area contributed by atoms with Crippen molar-refractivity contribution in [3.05, 3.63) is 137 Å². The Bertz CT molecular complexity index is 3440. The SMILES string of the molecule is O=c1c2cc3c(=O)n4c5ccccc5[nH]c4c4ccc5c(=O)c6cc7c(=O)n8c9ccccc9[nH]c8c8ccc1c(c6=c2c5c34)c78. The third-order valence-electron chi connectivity index (χ3n) is 10.4. The fraction of sp³-hybridized carbons (Fsp3) is 0. The average Bonchev–Trinajstić information content (AvgIpc) is 3.67. The maximum atomic E-state index is 14.5. The van der Waals surface area contributed by atoms with Crippen LogP contribution >= 0.6 is 0 Å². The molecule has 212 valence electrons. The van der Waals surface area contributed by atoms with Crippen LogP contribution in [0, 0.1) is 10.4 Å². The number of hydrogen-bond acceptors (Lipinski definition) is 4. The molecule has 46 heavy (non-hydrogen) atoms. The van der Waals surface area contributed by atoms with Crippen molar-refractivity contribution < 1.29 is 0 Å². The average molecular weight is 593 g/mol. The van der Waals surface area contributed by atoms with Crippen LogP contribution in [0.4, 0.5) is 0 Å². The van der Waals surface area contributed by atoms with Crippen molar-refractivity contribution in [1.82, 2.24) is 18.8 Å². The monoisotopic (exact) mass is 592 g/mol. The molecular weight excluding hydrogens is 576 g/mol. The smallest absolute Gasteiger partial charge is 0.264 e. The van der Waals surface area contributed by atoms with E-state index in [9.17, 15) is 19.2 Å². The molecule has 4 heterocycles. The number of para-hydroxylation sites is 4. The van der Waals surface area contributed by atoms with E-state index in [-0.39, 0.29) is 22.0 Å². The molecule has 0 amide bonds. The summed E-state index contributed by atoms with van der Waals surface area (Å²) in [6.07, 6.45) is 0. The molecule has 8 heteroatoms.